The number of aryl methyl sites for hydroxylation is 4. The number of hydrogen-bond acceptors (Lipinski definition) is 3. The third-order valence-corrected chi connectivity index (χ3v) is 4.84. The maximum Gasteiger partial charge on any atom is 0.270 e. The van der Waals surface area contributed by atoms with Gasteiger partial charge in [0.15, 0.2) is 0 Å². The van der Waals surface area contributed by atoms with Crippen molar-refractivity contribution in [3.63, 3.8) is 0 Å². The highest BCUT2D eigenvalue weighted by molar-refractivity contribution is 6.33. The van der Waals surface area contributed by atoms with Crippen molar-refractivity contribution in [1.82, 2.24) is 0 Å². The van der Waals surface area contributed by atoms with Gasteiger partial charge in [-0.05, 0) is 74.2 Å². The number of nitro benzene ring substituents is 1. The van der Waals surface area contributed by atoms with Gasteiger partial charge in [-0.15, -0.1) is 0 Å². The van der Waals surface area contributed by atoms with Gasteiger partial charge in [0, 0.05) is 17.7 Å². The molecular formula is C22H20ClNO3. The molecule has 3 aromatic rings. The summed E-state index contributed by atoms with van der Waals surface area (Å²) in [6.45, 7) is 8.02. The molecule has 0 saturated carbocycles. The predicted octanol–water partition coefficient (Wildman–Crippen LogP) is 6.94. The number of halogens is 1. The minimum absolute atomic E-state index is 0.0204. The zero-order valence-electron chi connectivity index (χ0n) is 15.7. The first-order valence-corrected chi connectivity index (χ1v) is 8.94. The van der Waals surface area contributed by atoms with Crippen LogP contribution in [0.5, 0.6) is 11.5 Å². The topological polar surface area (TPSA) is 52.4 Å². The summed E-state index contributed by atoms with van der Waals surface area (Å²) in [5, 5.41) is 11.3. The lowest BCUT2D eigenvalue weighted by Crippen LogP contribution is -1.94. The molecule has 5 heteroatoms. The lowest BCUT2D eigenvalue weighted by molar-refractivity contribution is -0.384. The molecule has 138 valence electrons. The van der Waals surface area contributed by atoms with Crippen LogP contribution in [-0.4, -0.2) is 4.92 Å². The first-order valence-electron chi connectivity index (χ1n) is 8.57. The van der Waals surface area contributed by atoms with E-state index in [0.29, 0.717) is 5.02 Å². The van der Waals surface area contributed by atoms with E-state index in [1.807, 2.05) is 45.0 Å². The van der Waals surface area contributed by atoms with E-state index >= 15 is 0 Å². The standard InChI is InChI=1S/C22H20ClNO3/c1-13-5-8-21(15(3)9-13)27-22-11-14(2)19(10-16(22)4)18-7-6-17(24(25)26)12-20(18)23/h5-12H,1-4H3. The van der Waals surface area contributed by atoms with Gasteiger partial charge in [0.05, 0.1) is 9.95 Å². The minimum atomic E-state index is -0.450. The molecule has 0 aromatic heterocycles. The molecule has 0 heterocycles. The average Bonchev–Trinajstić information content (AvgIpc) is 2.60. The summed E-state index contributed by atoms with van der Waals surface area (Å²) in [6, 6.07) is 14.6. The first-order chi connectivity index (χ1) is 12.8. The summed E-state index contributed by atoms with van der Waals surface area (Å²) in [5.74, 6) is 1.60. The van der Waals surface area contributed by atoms with Gasteiger partial charge in [0.1, 0.15) is 11.5 Å². The molecule has 0 saturated heterocycles. The molecule has 0 bridgehead atoms. The van der Waals surface area contributed by atoms with Crippen LogP contribution in [0.4, 0.5) is 5.69 Å². The number of benzene rings is 3. The van der Waals surface area contributed by atoms with Crippen LogP contribution < -0.4 is 4.74 Å². The van der Waals surface area contributed by atoms with Crippen LogP contribution in [0, 0.1) is 37.8 Å². The Labute approximate surface area is 163 Å². The molecule has 3 rings (SSSR count). The SMILES string of the molecule is Cc1ccc(Oc2cc(C)c(-c3ccc([N+](=O)[O-])cc3Cl)cc2C)c(C)c1. The Kier molecular flexibility index (Phi) is 5.19. The Hall–Kier alpha value is -2.85. The van der Waals surface area contributed by atoms with Crippen molar-refractivity contribution in [1.29, 1.82) is 0 Å². The van der Waals surface area contributed by atoms with E-state index in [2.05, 4.69) is 13.0 Å². The fourth-order valence-corrected chi connectivity index (χ4v) is 3.33. The summed E-state index contributed by atoms with van der Waals surface area (Å²) in [7, 11) is 0. The fourth-order valence-electron chi connectivity index (χ4n) is 3.06. The molecule has 0 atom stereocenters. The van der Waals surface area contributed by atoms with Crippen molar-refractivity contribution < 1.29 is 9.66 Å². The number of ether oxygens (including phenoxy) is 1. The fraction of sp³-hybridized carbons (Fsp3) is 0.182. The predicted molar refractivity (Wildman–Crippen MR) is 109 cm³/mol. The number of hydrogen-bond donors (Lipinski definition) is 0. The van der Waals surface area contributed by atoms with Crippen LogP contribution in [0.1, 0.15) is 22.3 Å². The van der Waals surface area contributed by atoms with Gasteiger partial charge in [0.2, 0.25) is 0 Å². The molecule has 0 radical (unpaired) electrons. The average molecular weight is 382 g/mol. The van der Waals surface area contributed by atoms with E-state index in [-0.39, 0.29) is 5.69 Å². The second-order valence-corrected chi connectivity index (χ2v) is 7.13. The van der Waals surface area contributed by atoms with Gasteiger partial charge < -0.3 is 4.74 Å². The summed E-state index contributed by atoms with van der Waals surface area (Å²) in [4.78, 5) is 10.5. The molecule has 0 N–H and O–H groups in total. The number of nitro groups is 1. The molecule has 0 aliphatic rings. The number of rotatable bonds is 4. The zero-order valence-corrected chi connectivity index (χ0v) is 16.4. The van der Waals surface area contributed by atoms with E-state index in [1.165, 1.54) is 17.7 Å². The first kappa shape index (κ1) is 18.9. The van der Waals surface area contributed by atoms with Crippen LogP contribution in [0.25, 0.3) is 11.1 Å². The molecule has 0 spiro atoms. The highest BCUT2D eigenvalue weighted by atomic mass is 35.5. The summed E-state index contributed by atoms with van der Waals surface area (Å²) in [6.07, 6.45) is 0. The van der Waals surface area contributed by atoms with Gasteiger partial charge in [-0.25, -0.2) is 0 Å². The quantitative estimate of drug-likeness (QED) is 0.363. The molecule has 4 nitrogen and oxygen atoms in total. The molecular weight excluding hydrogens is 362 g/mol. The second kappa shape index (κ2) is 7.41. The maximum absolute atomic E-state index is 10.9. The third-order valence-electron chi connectivity index (χ3n) is 4.53. The summed E-state index contributed by atoms with van der Waals surface area (Å²) in [5.41, 5.74) is 5.89. The molecule has 0 amide bonds. The Morgan fingerprint density at radius 3 is 2.15 bits per heavy atom. The van der Waals surface area contributed by atoms with Crippen molar-refractivity contribution in [3.8, 4) is 22.6 Å². The van der Waals surface area contributed by atoms with Crippen molar-refractivity contribution in [2.24, 2.45) is 0 Å². The largest absolute Gasteiger partial charge is 0.457 e. The lowest BCUT2D eigenvalue weighted by Gasteiger charge is -2.15. The van der Waals surface area contributed by atoms with Gasteiger partial charge in [-0.3, -0.25) is 10.1 Å². The van der Waals surface area contributed by atoms with Gasteiger partial charge in [-0.2, -0.15) is 0 Å². The number of nitrogens with zero attached hydrogens (tertiary/aromatic N) is 1. The van der Waals surface area contributed by atoms with Crippen LogP contribution in [0.3, 0.4) is 0 Å². The van der Waals surface area contributed by atoms with E-state index in [0.717, 1.165) is 39.3 Å². The van der Waals surface area contributed by atoms with Crippen molar-refractivity contribution in [3.05, 3.63) is 85.9 Å². The second-order valence-electron chi connectivity index (χ2n) is 6.72. The van der Waals surface area contributed by atoms with Crippen LogP contribution in [0.2, 0.25) is 5.02 Å². The Balaban J connectivity index is 1.99. The highest BCUT2D eigenvalue weighted by Crippen LogP contribution is 2.37. The lowest BCUT2D eigenvalue weighted by atomic mass is 9.97. The number of non-ortho nitro benzene ring substituents is 1. The summed E-state index contributed by atoms with van der Waals surface area (Å²) < 4.78 is 6.13. The highest BCUT2D eigenvalue weighted by Gasteiger charge is 2.15. The van der Waals surface area contributed by atoms with Crippen LogP contribution in [0.15, 0.2) is 48.5 Å². The molecule has 0 fully saturated rings. The Bertz CT molecular complexity index is 1040. The van der Waals surface area contributed by atoms with Crippen molar-refractivity contribution in [2.45, 2.75) is 27.7 Å². The van der Waals surface area contributed by atoms with Gasteiger partial charge in [0.25, 0.3) is 5.69 Å². The van der Waals surface area contributed by atoms with Crippen molar-refractivity contribution in [2.75, 3.05) is 0 Å². The van der Waals surface area contributed by atoms with Gasteiger partial charge in [-0.1, -0.05) is 29.3 Å². The smallest absolute Gasteiger partial charge is 0.270 e. The molecule has 0 unspecified atom stereocenters. The molecule has 27 heavy (non-hydrogen) atoms. The normalized spacial score (nSPS) is 10.7. The Morgan fingerprint density at radius 1 is 0.815 bits per heavy atom. The molecule has 3 aromatic carbocycles. The minimum Gasteiger partial charge on any atom is -0.457 e. The van der Waals surface area contributed by atoms with Crippen LogP contribution >= 0.6 is 11.6 Å². The monoisotopic (exact) mass is 381 g/mol. The Morgan fingerprint density at radius 2 is 1.52 bits per heavy atom. The van der Waals surface area contributed by atoms with Crippen molar-refractivity contribution >= 4 is 17.3 Å². The summed E-state index contributed by atoms with van der Waals surface area (Å²) >= 11 is 6.30. The van der Waals surface area contributed by atoms with E-state index in [9.17, 15) is 10.1 Å². The van der Waals surface area contributed by atoms with E-state index in [1.54, 1.807) is 6.07 Å². The third kappa shape index (κ3) is 3.96. The van der Waals surface area contributed by atoms with Crippen LogP contribution in [-0.2, 0) is 0 Å². The van der Waals surface area contributed by atoms with Gasteiger partial charge >= 0.3 is 0 Å². The zero-order chi connectivity index (χ0) is 19.7. The maximum atomic E-state index is 10.9. The molecule has 0 aliphatic heterocycles. The van der Waals surface area contributed by atoms with E-state index in [4.69, 9.17) is 16.3 Å². The molecule has 0 aliphatic carbocycles. The van der Waals surface area contributed by atoms with E-state index < -0.39 is 4.92 Å².